The second-order valence-corrected chi connectivity index (χ2v) is 4.37. The average molecular weight is 231 g/mol. The number of nitrogens with two attached hydrogens (primary N) is 1. The summed E-state index contributed by atoms with van der Waals surface area (Å²) in [5.41, 5.74) is 5.78. The van der Waals surface area contributed by atoms with Crippen LogP contribution < -0.4 is 5.73 Å². The van der Waals surface area contributed by atoms with E-state index in [2.05, 4.69) is 0 Å². The predicted octanol–water partition coefficient (Wildman–Crippen LogP) is 3.54. The lowest BCUT2D eigenvalue weighted by molar-refractivity contribution is 0.466. The van der Waals surface area contributed by atoms with Crippen LogP contribution in [0.2, 0.25) is 0 Å². The van der Waals surface area contributed by atoms with Gasteiger partial charge >= 0.3 is 0 Å². The molecule has 1 rings (SSSR count). The first kappa shape index (κ1) is 13.0. The Labute approximate surface area is 93.5 Å². The first-order chi connectivity index (χ1) is 7.41. The maximum absolute atomic E-state index is 13.3. The third-order valence-electron chi connectivity index (χ3n) is 2.49. The predicted molar refractivity (Wildman–Crippen MR) is 57.3 cm³/mol. The van der Waals surface area contributed by atoms with Gasteiger partial charge in [0.25, 0.3) is 0 Å². The molecule has 4 heteroatoms. The molecule has 0 aromatic heterocycles. The monoisotopic (exact) mass is 231 g/mol. The van der Waals surface area contributed by atoms with E-state index in [0.717, 1.165) is 12.5 Å². The van der Waals surface area contributed by atoms with Crippen molar-refractivity contribution in [3.8, 4) is 0 Å². The molecule has 0 aliphatic heterocycles. The van der Waals surface area contributed by atoms with Gasteiger partial charge in [-0.05, 0) is 24.8 Å². The molecule has 1 aromatic rings. The van der Waals surface area contributed by atoms with Gasteiger partial charge in [-0.15, -0.1) is 0 Å². The summed E-state index contributed by atoms with van der Waals surface area (Å²) in [7, 11) is 0. The summed E-state index contributed by atoms with van der Waals surface area (Å²) in [6.45, 7) is 4.04. The van der Waals surface area contributed by atoms with Crippen molar-refractivity contribution in [3.63, 3.8) is 0 Å². The minimum atomic E-state index is -1.18. The molecule has 0 aliphatic carbocycles. The molecule has 0 radical (unpaired) electrons. The van der Waals surface area contributed by atoms with E-state index in [1.165, 1.54) is 0 Å². The summed E-state index contributed by atoms with van der Waals surface area (Å²) in [5, 5.41) is 0. The van der Waals surface area contributed by atoms with Gasteiger partial charge in [0.15, 0.2) is 11.6 Å². The lowest BCUT2D eigenvalue weighted by Gasteiger charge is -2.14. The molecule has 0 unspecified atom stereocenters. The molecule has 0 aliphatic rings. The molecule has 1 aromatic carbocycles. The summed E-state index contributed by atoms with van der Waals surface area (Å²) in [6, 6.07) is 0.799. The van der Waals surface area contributed by atoms with Crippen molar-refractivity contribution in [2.45, 2.75) is 32.7 Å². The lowest BCUT2D eigenvalue weighted by atomic mass is 9.98. The Kier molecular flexibility index (Phi) is 4.35. The fraction of sp³-hybridized carbons (Fsp3) is 0.500. The van der Waals surface area contributed by atoms with E-state index in [1.807, 2.05) is 13.8 Å². The van der Waals surface area contributed by atoms with Crippen molar-refractivity contribution in [1.82, 2.24) is 0 Å². The third-order valence-corrected chi connectivity index (χ3v) is 2.49. The quantitative estimate of drug-likeness (QED) is 0.788. The Bertz CT molecular complexity index is 364. The van der Waals surface area contributed by atoms with Crippen molar-refractivity contribution in [3.05, 3.63) is 35.1 Å². The molecule has 1 atom stereocenters. The van der Waals surface area contributed by atoms with Crippen LogP contribution in [0.15, 0.2) is 12.1 Å². The van der Waals surface area contributed by atoms with Crippen LogP contribution in [0.1, 0.15) is 38.3 Å². The van der Waals surface area contributed by atoms with Gasteiger partial charge in [0.2, 0.25) is 0 Å². The highest BCUT2D eigenvalue weighted by Gasteiger charge is 2.15. The van der Waals surface area contributed by atoms with Crippen LogP contribution in [0.25, 0.3) is 0 Å². The molecule has 0 saturated heterocycles. The Balaban J connectivity index is 2.82. The molecule has 0 heterocycles. The first-order valence-electron chi connectivity index (χ1n) is 5.31. The average Bonchev–Trinajstić information content (AvgIpc) is 2.20. The number of hydrogen-bond acceptors (Lipinski definition) is 1. The molecule has 90 valence electrons. The molecule has 0 spiro atoms. The minimum Gasteiger partial charge on any atom is -0.324 e. The molecule has 16 heavy (non-hydrogen) atoms. The second-order valence-electron chi connectivity index (χ2n) is 4.37. The molecule has 2 N–H and O–H groups in total. The Morgan fingerprint density at radius 2 is 1.56 bits per heavy atom. The van der Waals surface area contributed by atoms with E-state index in [0.29, 0.717) is 18.4 Å². The Hall–Kier alpha value is -1.03. The molecular weight excluding hydrogens is 215 g/mol. The molecule has 1 nitrogen and oxygen atoms in total. The van der Waals surface area contributed by atoms with E-state index in [9.17, 15) is 13.2 Å². The smallest absolute Gasteiger partial charge is 0.161 e. The van der Waals surface area contributed by atoms with Crippen molar-refractivity contribution in [2.75, 3.05) is 0 Å². The van der Waals surface area contributed by atoms with Crippen LogP contribution in [0.3, 0.4) is 0 Å². The lowest BCUT2D eigenvalue weighted by Crippen LogP contribution is -2.14. The molecular formula is C12H16F3N. The largest absolute Gasteiger partial charge is 0.324 e. The molecule has 0 amide bonds. The van der Waals surface area contributed by atoms with E-state index >= 15 is 0 Å². The van der Waals surface area contributed by atoms with Crippen LogP contribution in [0.4, 0.5) is 13.2 Å². The SMILES string of the molecule is CC(C)CC[C@H](N)c1cc(F)c(F)cc1F. The van der Waals surface area contributed by atoms with Gasteiger partial charge in [-0.1, -0.05) is 13.8 Å². The van der Waals surface area contributed by atoms with Crippen LogP contribution in [0.5, 0.6) is 0 Å². The third kappa shape index (κ3) is 3.23. The maximum atomic E-state index is 13.3. The van der Waals surface area contributed by atoms with Gasteiger partial charge < -0.3 is 5.73 Å². The minimum absolute atomic E-state index is 0.0413. The maximum Gasteiger partial charge on any atom is 0.161 e. The van der Waals surface area contributed by atoms with Gasteiger partial charge in [-0.3, -0.25) is 0 Å². The highest BCUT2D eigenvalue weighted by atomic mass is 19.2. The van der Waals surface area contributed by atoms with Crippen molar-refractivity contribution in [2.24, 2.45) is 11.7 Å². The molecule has 0 bridgehead atoms. The van der Waals surface area contributed by atoms with Gasteiger partial charge in [0, 0.05) is 17.7 Å². The first-order valence-corrected chi connectivity index (χ1v) is 5.31. The molecule has 0 saturated carbocycles. The van der Waals surface area contributed by atoms with Gasteiger partial charge in [0.1, 0.15) is 5.82 Å². The van der Waals surface area contributed by atoms with E-state index in [1.54, 1.807) is 0 Å². The van der Waals surface area contributed by atoms with Gasteiger partial charge in [-0.25, -0.2) is 13.2 Å². The number of halogens is 3. The van der Waals surface area contributed by atoms with Crippen LogP contribution in [-0.4, -0.2) is 0 Å². The fourth-order valence-corrected chi connectivity index (χ4v) is 1.49. The fourth-order valence-electron chi connectivity index (χ4n) is 1.49. The van der Waals surface area contributed by atoms with E-state index < -0.39 is 23.5 Å². The number of hydrogen-bond donors (Lipinski definition) is 1. The summed E-state index contributed by atoms with van der Waals surface area (Å²) in [5.74, 6) is -2.58. The Morgan fingerprint density at radius 3 is 2.12 bits per heavy atom. The topological polar surface area (TPSA) is 26.0 Å². The van der Waals surface area contributed by atoms with Gasteiger partial charge in [-0.2, -0.15) is 0 Å². The molecule has 0 fully saturated rings. The van der Waals surface area contributed by atoms with Gasteiger partial charge in [0.05, 0.1) is 0 Å². The van der Waals surface area contributed by atoms with Crippen LogP contribution in [0, 0.1) is 23.4 Å². The number of rotatable bonds is 4. The summed E-state index contributed by atoms with van der Waals surface area (Å²) < 4.78 is 38.9. The summed E-state index contributed by atoms with van der Waals surface area (Å²) in [6.07, 6.45) is 1.37. The van der Waals surface area contributed by atoms with Crippen molar-refractivity contribution in [1.29, 1.82) is 0 Å². The zero-order chi connectivity index (χ0) is 12.3. The highest BCUT2D eigenvalue weighted by Crippen LogP contribution is 2.23. The van der Waals surface area contributed by atoms with Crippen LogP contribution >= 0.6 is 0 Å². The summed E-state index contributed by atoms with van der Waals surface area (Å²) in [4.78, 5) is 0. The van der Waals surface area contributed by atoms with E-state index in [4.69, 9.17) is 5.73 Å². The second kappa shape index (κ2) is 5.34. The van der Waals surface area contributed by atoms with Crippen molar-refractivity contribution >= 4 is 0 Å². The standard InChI is InChI=1S/C12H16F3N/c1-7(2)3-4-12(16)8-5-10(14)11(15)6-9(8)13/h5-7,12H,3-4,16H2,1-2H3/t12-/m0/s1. The van der Waals surface area contributed by atoms with Crippen molar-refractivity contribution < 1.29 is 13.2 Å². The van der Waals surface area contributed by atoms with Crippen LogP contribution in [-0.2, 0) is 0 Å². The zero-order valence-electron chi connectivity index (χ0n) is 9.43. The Morgan fingerprint density at radius 1 is 1.00 bits per heavy atom. The normalized spacial score (nSPS) is 13.2. The zero-order valence-corrected chi connectivity index (χ0v) is 9.43. The number of benzene rings is 1. The highest BCUT2D eigenvalue weighted by molar-refractivity contribution is 5.23. The van der Waals surface area contributed by atoms with E-state index in [-0.39, 0.29) is 5.56 Å². The summed E-state index contributed by atoms with van der Waals surface area (Å²) >= 11 is 0.